The Kier molecular flexibility index (Phi) is 6.64. The number of alkyl halides is 3. The number of hydrogen-bond donors (Lipinski definition) is 2. The molecule has 0 aliphatic rings. The molecule has 0 aliphatic heterocycles. The molecule has 0 aliphatic carbocycles. The average molecular weight is 478 g/mol. The number of H-pyrrole nitrogens is 1. The molecule has 176 valence electrons. The zero-order valence-corrected chi connectivity index (χ0v) is 18.1. The van der Waals surface area contributed by atoms with E-state index in [1.807, 2.05) is 0 Å². The lowest BCUT2D eigenvalue weighted by molar-refractivity contribution is -0.137. The fourth-order valence-corrected chi connectivity index (χ4v) is 3.53. The SMILES string of the molecule is O=C(C=CC=C(c1ccc(F)cc1)c1ccc(C(F)(F)F)cc1)Nc1cccc2[nH]c(=O)ccc12. The lowest BCUT2D eigenvalue weighted by atomic mass is 9.96. The molecule has 8 heteroatoms. The minimum absolute atomic E-state index is 0.261. The Morgan fingerprint density at radius 3 is 2.17 bits per heavy atom. The van der Waals surface area contributed by atoms with Crippen molar-refractivity contribution < 1.29 is 22.4 Å². The largest absolute Gasteiger partial charge is 0.416 e. The van der Waals surface area contributed by atoms with Crippen LogP contribution in [0.1, 0.15) is 16.7 Å². The number of carbonyl (C=O) groups excluding carboxylic acids is 1. The third-order valence-electron chi connectivity index (χ3n) is 5.21. The quantitative estimate of drug-likeness (QED) is 0.201. The van der Waals surface area contributed by atoms with Gasteiger partial charge in [-0.05, 0) is 59.2 Å². The van der Waals surface area contributed by atoms with Crippen molar-refractivity contribution in [1.82, 2.24) is 4.98 Å². The highest BCUT2D eigenvalue weighted by Gasteiger charge is 2.30. The molecule has 4 aromatic rings. The third kappa shape index (κ3) is 5.73. The summed E-state index contributed by atoms with van der Waals surface area (Å²) in [5.41, 5.74) is 1.56. The maximum Gasteiger partial charge on any atom is 0.416 e. The second-order valence-electron chi connectivity index (χ2n) is 7.60. The number of carbonyl (C=O) groups is 1. The zero-order valence-electron chi connectivity index (χ0n) is 18.1. The van der Waals surface area contributed by atoms with Gasteiger partial charge in [-0.15, -0.1) is 0 Å². The van der Waals surface area contributed by atoms with Gasteiger partial charge in [0, 0.05) is 17.5 Å². The highest BCUT2D eigenvalue weighted by molar-refractivity contribution is 6.05. The lowest BCUT2D eigenvalue weighted by Crippen LogP contribution is -2.09. The molecule has 2 N–H and O–H groups in total. The summed E-state index contributed by atoms with van der Waals surface area (Å²) in [5.74, 6) is -0.905. The number of rotatable bonds is 5. The number of halogens is 4. The van der Waals surface area contributed by atoms with E-state index in [1.54, 1.807) is 30.3 Å². The van der Waals surface area contributed by atoms with Gasteiger partial charge in [0.15, 0.2) is 0 Å². The molecular formula is C27H18F4N2O2. The van der Waals surface area contributed by atoms with Crippen molar-refractivity contribution in [3.05, 3.63) is 130 Å². The topological polar surface area (TPSA) is 62.0 Å². The first-order valence-corrected chi connectivity index (χ1v) is 10.5. The maximum atomic E-state index is 13.4. The van der Waals surface area contributed by atoms with Crippen molar-refractivity contribution in [3.63, 3.8) is 0 Å². The van der Waals surface area contributed by atoms with Crippen LogP contribution >= 0.6 is 0 Å². The molecule has 0 unspecified atom stereocenters. The summed E-state index contributed by atoms with van der Waals surface area (Å²) < 4.78 is 52.2. The van der Waals surface area contributed by atoms with E-state index < -0.39 is 23.5 Å². The number of aromatic amines is 1. The first-order valence-electron chi connectivity index (χ1n) is 10.5. The number of benzene rings is 3. The van der Waals surface area contributed by atoms with Gasteiger partial charge in [-0.25, -0.2) is 4.39 Å². The van der Waals surface area contributed by atoms with E-state index in [1.165, 1.54) is 54.6 Å². The first kappa shape index (κ1) is 23.7. The molecule has 3 aromatic carbocycles. The average Bonchev–Trinajstić information content (AvgIpc) is 2.82. The Bertz CT molecular complexity index is 1480. The Morgan fingerprint density at radius 2 is 1.51 bits per heavy atom. The van der Waals surface area contributed by atoms with Gasteiger partial charge in [0.2, 0.25) is 11.5 Å². The Morgan fingerprint density at radius 1 is 0.857 bits per heavy atom. The van der Waals surface area contributed by atoms with E-state index in [0.29, 0.717) is 33.3 Å². The molecule has 4 rings (SSSR count). The van der Waals surface area contributed by atoms with Gasteiger partial charge < -0.3 is 10.3 Å². The van der Waals surface area contributed by atoms with Gasteiger partial charge >= 0.3 is 6.18 Å². The number of allylic oxidation sites excluding steroid dienone is 2. The number of aromatic nitrogens is 1. The smallest absolute Gasteiger partial charge is 0.322 e. The summed E-state index contributed by atoms with van der Waals surface area (Å²) >= 11 is 0. The fourth-order valence-electron chi connectivity index (χ4n) is 3.53. The van der Waals surface area contributed by atoms with E-state index >= 15 is 0 Å². The molecule has 1 amide bonds. The monoisotopic (exact) mass is 478 g/mol. The molecule has 0 atom stereocenters. The van der Waals surface area contributed by atoms with E-state index in [9.17, 15) is 27.2 Å². The standard InChI is InChI=1S/C27H18F4N2O2/c28-20-13-9-18(10-14-20)21(17-7-11-19(12-8-17)27(29,30)31)3-1-6-25(34)32-23-4-2-5-24-22(23)15-16-26(35)33-24/h1-16H,(H,32,34)(H,33,35). The van der Waals surface area contributed by atoms with Crippen LogP contribution in [0.25, 0.3) is 16.5 Å². The lowest BCUT2D eigenvalue weighted by Gasteiger charge is -2.11. The highest BCUT2D eigenvalue weighted by atomic mass is 19.4. The summed E-state index contributed by atoms with van der Waals surface area (Å²) in [4.78, 5) is 26.7. The second kappa shape index (κ2) is 9.80. The molecule has 1 heterocycles. The van der Waals surface area contributed by atoms with Crippen LogP contribution in [-0.4, -0.2) is 10.9 Å². The zero-order chi connectivity index (χ0) is 25.0. The minimum Gasteiger partial charge on any atom is -0.322 e. The van der Waals surface area contributed by atoms with E-state index in [0.717, 1.165) is 12.1 Å². The van der Waals surface area contributed by atoms with Crippen LogP contribution in [0.2, 0.25) is 0 Å². The van der Waals surface area contributed by atoms with Crippen molar-refractivity contribution in [2.24, 2.45) is 0 Å². The van der Waals surface area contributed by atoms with Gasteiger partial charge in [-0.1, -0.05) is 42.5 Å². The summed E-state index contributed by atoms with van der Waals surface area (Å²) in [6, 6.07) is 18.1. The Hall–Kier alpha value is -4.46. The van der Waals surface area contributed by atoms with Crippen LogP contribution < -0.4 is 10.9 Å². The van der Waals surface area contributed by atoms with Crippen molar-refractivity contribution >= 4 is 28.1 Å². The molecule has 0 bridgehead atoms. The van der Waals surface area contributed by atoms with Crippen LogP contribution in [0, 0.1) is 5.82 Å². The number of hydrogen-bond acceptors (Lipinski definition) is 2. The summed E-state index contributed by atoms with van der Waals surface area (Å²) in [7, 11) is 0. The molecule has 4 nitrogen and oxygen atoms in total. The van der Waals surface area contributed by atoms with Crippen molar-refractivity contribution in [3.8, 4) is 0 Å². The van der Waals surface area contributed by atoms with Crippen LogP contribution in [-0.2, 0) is 11.0 Å². The van der Waals surface area contributed by atoms with Crippen LogP contribution in [0.3, 0.4) is 0 Å². The second-order valence-corrected chi connectivity index (χ2v) is 7.60. The summed E-state index contributed by atoms with van der Waals surface area (Å²) in [6.45, 7) is 0. The first-order chi connectivity index (χ1) is 16.7. The van der Waals surface area contributed by atoms with Crippen LogP contribution in [0.4, 0.5) is 23.2 Å². The fraction of sp³-hybridized carbons (Fsp3) is 0.0370. The number of pyridine rings is 1. The maximum absolute atomic E-state index is 13.4. The van der Waals surface area contributed by atoms with Crippen LogP contribution in [0.15, 0.2) is 102 Å². The molecule has 0 radical (unpaired) electrons. The highest BCUT2D eigenvalue weighted by Crippen LogP contribution is 2.31. The van der Waals surface area contributed by atoms with E-state index in [4.69, 9.17) is 0 Å². The van der Waals surface area contributed by atoms with Gasteiger partial charge in [-0.3, -0.25) is 9.59 Å². The number of fused-ring (bicyclic) bond motifs is 1. The third-order valence-corrected chi connectivity index (χ3v) is 5.21. The molecule has 0 spiro atoms. The summed E-state index contributed by atoms with van der Waals surface area (Å²) in [6.07, 6.45) is -0.183. The molecule has 1 aromatic heterocycles. The van der Waals surface area contributed by atoms with Crippen molar-refractivity contribution in [2.45, 2.75) is 6.18 Å². The van der Waals surface area contributed by atoms with Crippen LogP contribution in [0.5, 0.6) is 0 Å². The predicted molar refractivity (Wildman–Crippen MR) is 127 cm³/mol. The van der Waals surface area contributed by atoms with E-state index in [-0.39, 0.29) is 5.56 Å². The van der Waals surface area contributed by atoms with Crippen molar-refractivity contribution in [2.75, 3.05) is 5.32 Å². The molecule has 0 saturated heterocycles. The van der Waals surface area contributed by atoms with Gasteiger partial charge in [0.25, 0.3) is 0 Å². The molecular weight excluding hydrogens is 460 g/mol. The van der Waals surface area contributed by atoms with Gasteiger partial charge in [-0.2, -0.15) is 13.2 Å². The normalized spacial score (nSPS) is 12.3. The number of amides is 1. The minimum atomic E-state index is -4.47. The van der Waals surface area contributed by atoms with Gasteiger partial charge in [0.1, 0.15) is 5.82 Å². The molecule has 0 saturated carbocycles. The number of anilines is 1. The predicted octanol–water partition coefficient (Wildman–Crippen LogP) is 6.31. The summed E-state index contributed by atoms with van der Waals surface area (Å²) in [5, 5.41) is 3.39. The Labute approximate surface area is 197 Å². The molecule has 35 heavy (non-hydrogen) atoms. The molecule has 0 fully saturated rings. The van der Waals surface area contributed by atoms with Gasteiger partial charge in [0.05, 0.1) is 16.8 Å². The van der Waals surface area contributed by atoms with E-state index in [2.05, 4.69) is 10.3 Å². The van der Waals surface area contributed by atoms with Crippen molar-refractivity contribution in [1.29, 1.82) is 0 Å². The Balaban J connectivity index is 1.61. The number of nitrogens with one attached hydrogen (secondary N) is 2.